The second-order valence-electron chi connectivity index (χ2n) is 1.71. The van der Waals surface area contributed by atoms with Crippen LogP contribution < -0.4 is 0 Å². The molecule has 0 fully saturated rings. The normalized spacial score (nSPS) is 10.6. The Kier molecular flexibility index (Phi) is 7.74. The highest BCUT2D eigenvalue weighted by Crippen LogP contribution is 1.79. The summed E-state index contributed by atoms with van der Waals surface area (Å²) >= 11 is 0. The lowest BCUT2D eigenvalue weighted by molar-refractivity contribution is 0.381. The standard InChI is InChI=1S/C3H10NP.H2O4S/c1-4(2)3-5;1-5(2,3)4/h3,5H2,1-2H3;(H2,1,2,3,4). The summed E-state index contributed by atoms with van der Waals surface area (Å²) in [5.74, 6) is 0. The molecule has 0 amide bonds. The van der Waals surface area contributed by atoms with Gasteiger partial charge in [0.2, 0.25) is 0 Å². The molecular formula is C3H12NO4PS. The maximum absolute atomic E-state index is 8.74. The highest BCUT2D eigenvalue weighted by molar-refractivity contribution is 7.79. The van der Waals surface area contributed by atoms with E-state index in [0.29, 0.717) is 0 Å². The van der Waals surface area contributed by atoms with Crippen molar-refractivity contribution in [3.63, 3.8) is 0 Å². The molecule has 0 bridgehead atoms. The van der Waals surface area contributed by atoms with E-state index in [1.807, 2.05) is 14.1 Å². The molecule has 7 heteroatoms. The Hall–Kier alpha value is 0.260. The van der Waals surface area contributed by atoms with E-state index in [0.717, 1.165) is 6.29 Å². The lowest BCUT2D eigenvalue weighted by Crippen LogP contribution is -2.06. The lowest BCUT2D eigenvalue weighted by Gasteiger charge is -1.99. The molecule has 1 unspecified atom stereocenters. The van der Waals surface area contributed by atoms with E-state index >= 15 is 0 Å². The molecule has 0 spiro atoms. The molecule has 5 nitrogen and oxygen atoms in total. The van der Waals surface area contributed by atoms with Crippen molar-refractivity contribution in [3.05, 3.63) is 0 Å². The molecule has 0 aromatic rings. The number of nitrogens with zero attached hydrogens (tertiary/aromatic N) is 1. The van der Waals surface area contributed by atoms with Gasteiger partial charge in [0.25, 0.3) is 0 Å². The quantitative estimate of drug-likeness (QED) is 0.438. The van der Waals surface area contributed by atoms with Gasteiger partial charge in [0.05, 0.1) is 0 Å². The Bertz CT molecular complexity index is 146. The summed E-state index contributed by atoms with van der Waals surface area (Å²) in [6.07, 6.45) is 1.06. The van der Waals surface area contributed by atoms with Crippen LogP contribution in [0, 0.1) is 0 Å². The SMILES string of the molecule is CN(C)CP.O=S(=O)(O)O. The molecule has 0 saturated heterocycles. The topological polar surface area (TPSA) is 77.8 Å². The average Bonchev–Trinajstić information content (AvgIpc) is 1.61. The highest BCUT2D eigenvalue weighted by Gasteiger charge is 1.84. The van der Waals surface area contributed by atoms with Crippen molar-refractivity contribution in [3.8, 4) is 0 Å². The van der Waals surface area contributed by atoms with Crippen molar-refractivity contribution in [1.82, 2.24) is 4.90 Å². The minimum atomic E-state index is -4.67. The van der Waals surface area contributed by atoms with Crippen LogP contribution in [-0.4, -0.2) is 42.8 Å². The van der Waals surface area contributed by atoms with Crippen molar-refractivity contribution < 1.29 is 17.5 Å². The fourth-order valence-corrected chi connectivity index (χ4v) is 0. The maximum Gasteiger partial charge on any atom is 0.394 e. The second kappa shape index (κ2) is 6.00. The van der Waals surface area contributed by atoms with Crippen LogP contribution >= 0.6 is 9.24 Å². The molecule has 0 heterocycles. The number of hydrogen-bond acceptors (Lipinski definition) is 3. The van der Waals surface area contributed by atoms with Crippen LogP contribution in [0.5, 0.6) is 0 Å². The van der Waals surface area contributed by atoms with Gasteiger partial charge in [0.1, 0.15) is 0 Å². The molecular weight excluding hydrogens is 177 g/mol. The molecule has 0 aliphatic heterocycles. The fourth-order valence-electron chi connectivity index (χ4n) is 0. The van der Waals surface area contributed by atoms with E-state index in [-0.39, 0.29) is 0 Å². The summed E-state index contributed by atoms with van der Waals surface area (Å²) in [5, 5.41) is 0. The Labute approximate surface area is 63.2 Å². The van der Waals surface area contributed by atoms with Crippen molar-refractivity contribution in [2.45, 2.75) is 0 Å². The van der Waals surface area contributed by atoms with E-state index in [9.17, 15) is 0 Å². The van der Waals surface area contributed by atoms with Crippen LogP contribution in [-0.2, 0) is 10.4 Å². The average molecular weight is 189 g/mol. The van der Waals surface area contributed by atoms with Gasteiger partial charge in [0.15, 0.2) is 0 Å². The summed E-state index contributed by atoms with van der Waals surface area (Å²) in [5.41, 5.74) is 0. The van der Waals surface area contributed by atoms with Gasteiger partial charge in [-0.3, -0.25) is 9.11 Å². The zero-order valence-corrected chi connectivity index (χ0v) is 7.82. The molecule has 0 saturated carbocycles. The van der Waals surface area contributed by atoms with Crippen LogP contribution in [0.3, 0.4) is 0 Å². The molecule has 10 heavy (non-hydrogen) atoms. The minimum Gasteiger partial charge on any atom is -0.306 e. The molecule has 0 rings (SSSR count). The van der Waals surface area contributed by atoms with Crippen LogP contribution in [0.15, 0.2) is 0 Å². The number of hydrogen-bond donors (Lipinski definition) is 2. The van der Waals surface area contributed by atoms with Gasteiger partial charge in [-0.05, 0) is 14.1 Å². The fraction of sp³-hybridized carbons (Fsp3) is 1.00. The zero-order valence-electron chi connectivity index (χ0n) is 5.85. The van der Waals surface area contributed by atoms with Gasteiger partial charge in [-0.1, -0.05) is 0 Å². The summed E-state index contributed by atoms with van der Waals surface area (Å²) in [4.78, 5) is 2.09. The maximum atomic E-state index is 8.74. The smallest absolute Gasteiger partial charge is 0.306 e. The third-order valence-electron chi connectivity index (χ3n) is 0.365. The van der Waals surface area contributed by atoms with Crippen LogP contribution in [0.2, 0.25) is 0 Å². The van der Waals surface area contributed by atoms with Gasteiger partial charge in [-0.15, -0.1) is 9.24 Å². The van der Waals surface area contributed by atoms with E-state index < -0.39 is 10.4 Å². The predicted octanol–water partition coefficient (Wildman–Crippen LogP) is -0.272. The van der Waals surface area contributed by atoms with Crippen molar-refractivity contribution >= 4 is 19.6 Å². The van der Waals surface area contributed by atoms with Gasteiger partial charge in [-0.25, -0.2) is 0 Å². The van der Waals surface area contributed by atoms with Gasteiger partial charge >= 0.3 is 10.4 Å². The molecule has 1 atom stereocenters. The highest BCUT2D eigenvalue weighted by atomic mass is 32.3. The van der Waals surface area contributed by atoms with Crippen molar-refractivity contribution in [2.24, 2.45) is 0 Å². The summed E-state index contributed by atoms with van der Waals surface area (Å²) in [7, 11) is 2.02. The third-order valence-corrected chi connectivity index (χ3v) is 1.10. The van der Waals surface area contributed by atoms with E-state index in [1.54, 1.807) is 0 Å². The molecule has 0 aromatic carbocycles. The predicted molar refractivity (Wildman–Crippen MR) is 42.4 cm³/mol. The first-order valence-electron chi connectivity index (χ1n) is 2.32. The Morgan fingerprint density at radius 1 is 1.40 bits per heavy atom. The van der Waals surface area contributed by atoms with Gasteiger partial charge in [0, 0.05) is 6.29 Å². The van der Waals surface area contributed by atoms with Crippen LogP contribution in [0.25, 0.3) is 0 Å². The van der Waals surface area contributed by atoms with Crippen LogP contribution in [0.1, 0.15) is 0 Å². The second-order valence-corrected chi connectivity index (χ2v) is 2.97. The molecule has 64 valence electrons. The summed E-state index contributed by atoms with van der Waals surface area (Å²) in [6.45, 7) is 0. The Morgan fingerprint density at radius 3 is 1.50 bits per heavy atom. The molecule has 0 radical (unpaired) electrons. The van der Waals surface area contributed by atoms with Crippen molar-refractivity contribution in [1.29, 1.82) is 0 Å². The van der Waals surface area contributed by atoms with E-state index in [4.69, 9.17) is 17.5 Å². The molecule has 0 aromatic heterocycles. The first kappa shape index (κ1) is 12.9. The Morgan fingerprint density at radius 2 is 1.50 bits per heavy atom. The van der Waals surface area contributed by atoms with Gasteiger partial charge in [-0.2, -0.15) is 8.42 Å². The molecule has 0 aliphatic carbocycles. The molecule has 2 N–H and O–H groups in total. The van der Waals surface area contributed by atoms with E-state index in [2.05, 4.69) is 14.1 Å². The van der Waals surface area contributed by atoms with Crippen molar-refractivity contribution in [2.75, 3.05) is 20.4 Å². The summed E-state index contributed by atoms with van der Waals surface area (Å²) < 4.78 is 31.6. The molecule has 0 aliphatic rings. The number of rotatable bonds is 1. The minimum absolute atomic E-state index is 1.06. The van der Waals surface area contributed by atoms with Crippen LogP contribution in [0.4, 0.5) is 0 Å². The monoisotopic (exact) mass is 189 g/mol. The lowest BCUT2D eigenvalue weighted by atomic mass is 11.0. The first-order chi connectivity index (χ1) is 4.27. The van der Waals surface area contributed by atoms with E-state index in [1.165, 1.54) is 0 Å². The first-order valence-corrected chi connectivity index (χ1v) is 4.53. The zero-order chi connectivity index (χ0) is 8.78. The Balaban J connectivity index is 0. The third kappa shape index (κ3) is 85.2. The summed E-state index contributed by atoms with van der Waals surface area (Å²) in [6, 6.07) is 0. The largest absolute Gasteiger partial charge is 0.394 e. The van der Waals surface area contributed by atoms with Gasteiger partial charge < -0.3 is 4.90 Å².